The number of nitrogens with zero attached hydrogens (tertiary/aromatic N) is 6. The third-order valence-corrected chi connectivity index (χ3v) is 7.38. The van der Waals surface area contributed by atoms with Crippen LogP contribution < -0.4 is 4.90 Å². The van der Waals surface area contributed by atoms with E-state index in [4.69, 9.17) is 4.98 Å². The van der Waals surface area contributed by atoms with E-state index in [0.717, 1.165) is 44.3 Å². The lowest BCUT2D eigenvalue weighted by atomic mass is 10.1. The highest BCUT2D eigenvalue weighted by Crippen LogP contribution is 2.31. The van der Waals surface area contributed by atoms with E-state index in [1.165, 1.54) is 0 Å². The number of aryl methyl sites for hydroxylation is 1. The minimum absolute atomic E-state index is 0.0332. The molecule has 5 aromatic rings. The predicted octanol–water partition coefficient (Wildman–Crippen LogP) is 4.67. The van der Waals surface area contributed by atoms with Gasteiger partial charge in [-0.3, -0.25) is 4.79 Å². The molecule has 1 amide bonds. The summed E-state index contributed by atoms with van der Waals surface area (Å²) in [6.07, 6.45) is 0. The monoisotopic (exact) mass is 468 g/mol. The van der Waals surface area contributed by atoms with Crippen LogP contribution in [0.2, 0.25) is 0 Å². The summed E-state index contributed by atoms with van der Waals surface area (Å²) in [6, 6.07) is 20.0. The summed E-state index contributed by atoms with van der Waals surface area (Å²) in [5.74, 6) is 1.70. The summed E-state index contributed by atoms with van der Waals surface area (Å²) in [4.78, 5) is 23.6. The lowest BCUT2D eigenvalue weighted by molar-refractivity contribution is 0.0672. The summed E-state index contributed by atoms with van der Waals surface area (Å²) in [6.45, 7) is 6.08. The average molecular weight is 469 g/mol. The van der Waals surface area contributed by atoms with Crippen molar-refractivity contribution in [2.24, 2.45) is 0 Å². The van der Waals surface area contributed by atoms with Gasteiger partial charge in [-0.25, -0.2) is 9.38 Å². The van der Waals surface area contributed by atoms with Crippen LogP contribution in [0.5, 0.6) is 0 Å². The predicted molar refractivity (Wildman–Crippen MR) is 135 cm³/mol. The molecule has 170 valence electrons. The maximum absolute atomic E-state index is 13.3. The number of aromatic nitrogens is 4. The van der Waals surface area contributed by atoms with Gasteiger partial charge in [0.25, 0.3) is 5.91 Å². The van der Waals surface area contributed by atoms with Crippen molar-refractivity contribution in [1.29, 1.82) is 0 Å². The molecule has 0 spiro atoms. The number of benzene rings is 2. The second kappa shape index (κ2) is 8.22. The summed E-state index contributed by atoms with van der Waals surface area (Å²) in [7, 11) is 0. The Kier molecular flexibility index (Phi) is 5.03. The van der Waals surface area contributed by atoms with Crippen LogP contribution in [0.4, 0.5) is 5.95 Å². The Morgan fingerprint density at radius 3 is 2.62 bits per heavy atom. The lowest BCUT2D eigenvalue weighted by Gasteiger charge is -2.40. The summed E-state index contributed by atoms with van der Waals surface area (Å²) < 4.78 is 2.07. The van der Waals surface area contributed by atoms with Gasteiger partial charge in [-0.05, 0) is 49.1 Å². The normalized spacial score (nSPS) is 16.5. The Balaban J connectivity index is 1.40. The minimum Gasteiger partial charge on any atom is -0.338 e. The van der Waals surface area contributed by atoms with Crippen molar-refractivity contribution in [3.63, 3.8) is 0 Å². The summed E-state index contributed by atoms with van der Waals surface area (Å²) >= 11 is 1.64. The number of hydrogen-bond acceptors (Lipinski definition) is 6. The number of piperazine rings is 1. The number of carbonyl (C=O) groups is 1. The molecule has 1 aliphatic heterocycles. The van der Waals surface area contributed by atoms with E-state index in [9.17, 15) is 4.79 Å². The van der Waals surface area contributed by atoms with Gasteiger partial charge < -0.3 is 9.80 Å². The molecule has 3 aromatic heterocycles. The molecule has 0 aliphatic carbocycles. The van der Waals surface area contributed by atoms with Crippen molar-refractivity contribution in [1.82, 2.24) is 24.5 Å². The van der Waals surface area contributed by atoms with Gasteiger partial charge in [-0.1, -0.05) is 36.4 Å². The second-order valence-electron chi connectivity index (χ2n) is 8.70. The van der Waals surface area contributed by atoms with Gasteiger partial charge in [0.2, 0.25) is 5.95 Å². The molecule has 1 saturated heterocycles. The van der Waals surface area contributed by atoms with Crippen LogP contribution in [0.25, 0.3) is 27.3 Å². The molecule has 2 aromatic carbocycles. The van der Waals surface area contributed by atoms with Gasteiger partial charge in [0.1, 0.15) is 0 Å². The molecule has 8 heteroatoms. The Bertz CT molecular complexity index is 1510. The van der Waals surface area contributed by atoms with Gasteiger partial charge in [-0.15, -0.1) is 21.5 Å². The number of hydrogen-bond donors (Lipinski definition) is 0. The van der Waals surface area contributed by atoms with E-state index in [-0.39, 0.29) is 11.9 Å². The number of rotatable bonds is 3. The molecule has 0 radical (unpaired) electrons. The highest BCUT2D eigenvalue weighted by Gasteiger charge is 2.31. The van der Waals surface area contributed by atoms with Crippen LogP contribution in [0.3, 0.4) is 0 Å². The average Bonchev–Trinajstić information content (AvgIpc) is 3.54. The number of amides is 1. The zero-order chi connectivity index (χ0) is 23.2. The Hall–Kier alpha value is -3.78. The summed E-state index contributed by atoms with van der Waals surface area (Å²) in [5.41, 5.74) is 3.47. The molecule has 0 bridgehead atoms. The van der Waals surface area contributed by atoms with Gasteiger partial charge in [0.05, 0.1) is 10.4 Å². The number of para-hydroxylation sites is 1. The quantitative estimate of drug-likeness (QED) is 0.385. The first-order valence-electron chi connectivity index (χ1n) is 11.4. The zero-order valence-corrected chi connectivity index (χ0v) is 19.9. The number of anilines is 1. The topological polar surface area (TPSA) is 66.6 Å². The fraction of sp³-hybridized carbons (Fsp3) is 0.231. The molecule has 1 atom stereocenters. The number of carbonyl (C=O) groups excluding carboxylic acids is 1. The van der Waals surface area contributed by atoms with Gasteiger partial charge in [0, 0.05) is 36.6 Å². The third-order valence-electron chi connectivity index (χ3n) is 6.52. The zero-order valence-electron chi connectivity index (χ0n) is 19.0. The summed E-state index contributed by atoms with van der Waals surface area (Å²) in [5, 5.41) is 12.1. The van der Waals surface area contributed by atoms with E-state index < -0.39 is 0 Å². The maximum atomic E-state index is 13.3. The number of fused-ring (bicyclic) bond motifs is 3. The number of thiophene rings is 1. The highest BCUT2D eigenvalue weighted by atomic mass is 32.1. The van der Waals surface area contributed by atoms with Crippen LogP contribution in [0, 0.1) is 6.92 Å². The van der Waals surface area contributed by atoms with E-state index in [0.29, 0.717) is 19.6 Å². The first kappa shape index (κ1) is 20.8. The molecular weight excluding hydrogens is 444 g/mol. The SMILES string of the molecule is Cc1ccccc1C(=O)N1CCN(c2nc3ccccc3c3nnc(-c4cccs4)n23)C[C@@H]1C. The minimum atomic E-state index is 0.0332. The standard InChI is InChI=1S/C26H24N6OS/c1-17-8-3-4-9-19(17)25(33)31-14-13-30(16-18(31)2)26-27-21-11-6-5-10-20(21)23-28-29-24(32(23)26)22-12-7-15-34-22/h3-12,15,18H,13-14,16H2,1-2H3/t18-/m0/s1. The van der Waals surface area contributed by atoms with Crippen molar-refractivity contribution < 1.29 is 4.79 Å². The first-order chi connectivity index (χ1) is 16.6. The van der Waals surface area contributed by atoms with E-state index in [1.807, 2.05) is 71.8 Å². The molecule has 0 saturated carbocycles. The van der Waals surface area contributed by atoms with E-state index in [2.05, 4.69) is 32.5 Å². The Morgan fingerprint density at radius 2 is 1.82 bits per heavy atom. The van der Waals surface area contributed by atoms with Crippen LogP contribution >= 0.6 is 11.3 Å². The van der Waals surface area contributed by atoms with Crippen LogP contribution in [-0.2, 0) is 0 Å². The molecule has 0 N–H and O–H groups in total. The van der Waals surface area contributed by atoms with E-state index >= 15 is 0 Å². The molecule has 1 aliphatic rings. The Morgan fingerprint density at radius 1 is 1.00 bits per heavy atom. The largest absolute Gasteiger partial charge is 0.338 e. The van der Waals surface area contributed by atoms with Crippen molar-refractivity contribution in [2.75, 3.05) is 24.5 Å². The fourth-order valence-corrected chi connectivity index (χ4v) is 5.45. The van der Waals surface area contributed by atoms with Crippen molar-refractivity contribution >= 4 is 39.7 Å². The first-order valence-corrected chi connectivity index (χ1v) is 12.3. The van der Waals surface area contributed by atoms with Crippen LogP contribution in [0.1, 0.15) is 22.8 Å². The van der Waals surface area contributed by atoms with Gasteiger partial charge in [-0.2, -0.15) is 0 Å². The van der Waals surface area contributed by atoms with Crippen LogP contribution in [-0.4, -0.2) is 56.1 Å². The molecule has 6 rings (SSSR count). The molecular formula is C26H24N6OS. The molecule has 4 heterocycles. The van der Waals surface area contributed by atoms with Gasteiger partial charge >= 0.3 is 0 Å². The molecule has 7 nitrogen and oxygen atoms in total. The molecule has 1 fully saturated rings. The smallest absolute Gasteiger partial charge is 0.254 e. The van der Waals surface area contributed by atoms with Gasteiger partial charge in [0.15, 0.2) is 11.5 Å². The second-order valence-corrected chi connectivity index (χ2v) is 9.65. The van der Waals surface area contributed by atoms with Crippen LogP contribution in [0.15, 0.2) is 66.0 Å². The molecule has 34 heavy (non-hydrogen) atoms. The third kappa shape index (κ3) is 3.33. The molecule has 0 unspecified atom stereocenters. The van der Waals surface area contributed by atoms with Crippen molar-refractivity contribution in [3.8, 4) is 10.7 Å². The maximum Gasteiger partial charge on any atom is 0.254 e. The fourth-order valence-electron chi connectivity index (χ4n) is 4.75. The van der Waals surface area contributed by atoms with Crippen molar-refractivity contribution in [2.45, 2.75) is 19.9 Å². The van der Waals surface area contributed by atoms with E-state index in [1.54, 1.807) is 11.3 Å². The highest BCUT2D eigenvalue weighted by molar-refractivity contribution is 7.13. The van der Waals surface area contributed by atoms with Crippen molar-refractivity contribution in [3.05, 3.63) is 77.2 Å². The lowest BCUT2D eigenvalue weighted by Crippen LogP contribution is -2.54. The Labute approximate surface area is 201 Å².